The fourth-order valence-corrected chi connectivity index (χ4v) is 4.35. The van der Waals surface area contributed by atoms with Crippen LogP contribution in [0.15, 0.2) is 66.7 Å². The summed E-state index contributed by atoms with van der Waals surface area (Å²) in [4.78, 5) is 16.1. The number of rotatable bonds is 5. The molecule has 30 heavy (non-hydrogen) atoms. The molecule has 0 atom stereocenters. The second kappa shape index (κ2) is 7.42. The third-order valence-corrected chi connectivity index (χ3v) is 5.72. The van der Waals surface area contributed by atoms with Crippen molar-refractivity contribution in [1.29, 1.82) is 0 Å². The molecule has 0 bridgehead atoms. The maximum absolute atomic E-state index is 12.0. The van der Waals surface area contributed by atoms with Gasteiger partial charge in [0.15, 0.2) is 9.84 Å². The maximum atomic E-state index is 12.0. The highest BCUT2D eigenvalue weighted by atomic mass is 32.2. The van der Waals surface area contributed by atoms with Gasteiger partial charge in [0, 0.05) is 11.9 Å². The molecule has 0 saturated heterocycles. The summed E-state index contributed by atoms with van der Waals surface area (Å²) >= 11 is 0. The fourth-order valence-electron chi connectivity index (χ4n) is 3.69. The van der Waals surface area contributed by atoms with Crippen LogP contribution < -0.4 is 0 Å². The molecule has 1 N–H and O–H groups in total. The second-order valence-corrected chi connectivity index (χ2v) is 9.41. The van der Waals surface area contributed by atoms with E-state index < -0.39 is 15.8 Å². The smallest absolute Gasteiger partial charge is 0.336 e. The number of hydrogen-bond donors (Lipinski definition) is 1. The minimum Gasteiger partial charge on any atom is -0.478 e. The molecule has 4 rings (SSSR count). The molecule has 0 radical (unpaired) electrons. The van der Waals surface area contributed by atoms with Crippen molar-refractivity contribution in [3.05, 3.63) is 83.7 Å². The number of carboxylic acids is 1. The normalized spacial score (nSPS) is 11.7. The van der Waals surface area contributed by atoms with Gasteiger partial charge in [-0.25, -0.2) is 18.2 Å². The van der Waals surface area contributed by atoms with Gasteiger partial charge in [0.05, 0.1) is 16.6 Å². The first-order valence-corrected chi connectivity index (χ1v) is 11.4. The molecular formula is C23H20N2O4S. The highest BCUT2D eigenvalue weighted by molar-refractivity contribution is 7.89. The number of benzene rings is 3. The van der Waals surface area contributed by atoms with Gasteiger partial charge in [0.25, 0.3) is 0 Å². The van der Waals surface area contributed by atoms with Crippen LogP contribution in [0.4, 0.5) is 0 Å². The van der Waals surface area contributed by atoms with E-state index in [0.29, 0.717) is 16.9 Å². The minimum absolute atomic E-state index is 0.176. The molecule has 3 aromatic carbocycles. The summed E-state index contributed by atoms with van der Waals surface area (Å²) in [6, 6.07) is 20.0. The topological polar surface area (TPSA) is 89.3 Å². The Balaban J connectivity index is 1.90. The third kappa shape index (κ3) is 3.71. The van der Waals surface area contributed by atoms with E-state index in [1.807, 2.05) is 60.0 Å². The number of imidazole rings is 1. The molecule has 1 heterocycles. The molecule has 152 valence electrons. The molecule has 0 aliphatic heterocycles. The highest BCUT2D eigenvalue weighted by Gasteiger charge is 2.18. The molecule has 1 aromatic heterocycles. The number of hydrogen-bond acceptors (Lipinski definition) is 4. The highest BCUT2D eigenvalue weighted by Crippen LogP contribution is 2.30. The molecule has 0 fully saturated rings. The Morgan fingerprint density at radius 2 is 1.70 bits per heavy atom. The third-order valence-electron chi connectivity index (χ3n) is 4.94. The van der Waals surface area contributed by atoms with Crippen molar-refractivity contribution in [1.82, 2.24) is 9.55 Å². The number of aromatic nitrogens is 2. The first kappa shape index (κ1) is 19.8. The summed E-state index contributed by atoms with van der Waals surface area (Å²) in [5.74, 6) is -0.716. The van der Waals surface area contributed by atoms with E-state index in [9.17, 15) is 18.3 Å². The SMILES string of the molecule is Cc1cc(-n2c(CS(C)(=O)=O)nc3ccccc32)ccc1-c1ccccc1C(=O)O. The van der Waals surface area contributed by atoms with Gasteiger partial charge < -0.3 is 5.11 Å². The Morgan fingerprint density at radius 3 is 2.40 bits per heavy atom. The van der Waals surface area contributed by atoms with Crippen molar-refractivity contribution in [2.45, 2.75) is 12.7 Å². The molecule has 0 amide bonds. The van der Waals surface area contributed by atoms with E-state index in [1.54, 1.807) is 18.2 Å². The quantitative estimate of drug-likeness (QED) is 0.522. The van der Waals surface area contributed by atoms with Crippen LogP contribution in [-0.4, -0.2) is 35.3 Å². The Bertz CT molecular complexity index is 1390. The standard InChI is InChI=1S/C23H20N2O4S/c1-15-13-16(11-12-17(15)18-7-3-4-8-19(18)23(26)27)25-21-10-6-5-9-20(21)24-22(25)14-30(2,28)29/h3-13H,14H2,1-2H3,(H,26,27). The summed E-state index contributed by atoms with van der Waals surface area (Å²) in [6.07, 6.45) is 1.19. The molecule has 7 heteroatoms. The Kier molecular flexibility index (Phi) is 4.91. The zero-order chi connectivity index (χ0) is 21.5. The summed E-state index contributed by atoms with van der Waals surface area (Å²) < 4.78 is 25.8. The zero-order valence-electron chi connectivity index (χ0n) is 16.5. The average Bonchev–Trinajstić information content (AvgIpc) is 3.03. The van der Waals surface area contributed by atoms with Crippen molar-refractivity contribution in [3.8, 4) is 16.8 Å². The summed E-state index contributed by atoms with van der Waals surface area (Å²) in [7, 11) is -3.28. The molecule has 4 aromatic rings. The Labute approximate surface area is 174 Å². The predicted octanol–water partition coefficient (Wildman–Crippen LogP) is 4.24. The number of nitrogens with zero attached hydrogens (tertiary/aromatic N) is 2. The first-order valence-electron chi connectivity index (χ1n) is 9.32. The number of para-hydroxylation sites is 2. The second-order valence-electron chi connectivity index (χ2n) is 7.27. The molecule has 0 unspecified atom stereocenters. The van der Waals surface area contributed by atoms with Gasteiger partial charge in [-0.1, -0.05) is 36.4 Å². The monoisotopic (exact) mass is 420 g/mol. The lowest BCUT2D eigenvalue weighted by Crippen LogP contribution is -2.08. The van der Waals surface area contributed by atoms with Gasteiger partial charge in [-0.2, -0.15) is 0 Å². The molecular weight excluding hydrogens is 400 g/mol. The average molecular weight is 420 g/mol. The van der Waals surface area contributed by atoms with Crippen LogP contribution in [0, 0.1) is 6.92 Å². The van der Waals surface area contributed by atoms with Crippen LogP contribution in [0.2, 0.25) is 0 Å². The van der Waals surface area contributed by atoms with Crippen LogP contribution in [0.3, 0.4) is 0 Å². The fraction of sp³-hybridized carbons (Fsp3) is 0.130. The van der Waals surface area contributed by atoms with Gasteiger partial charge in [-0.3, -0.25) is 4.57 Å². The number of aryl methyl sites for hydroxylation is 1. The number of aromatic carboxylic acids is 1. The van der Waals surface area contributed by atoms with Crippen LogP contribution in [-0.2, 0) is 15.6 Å². The van der Waals surface area contributed by atoms with E-state index in [1.165, 1.54) is 6.26 Å². The predicted molar refractivity (Wildman–Crippen MR) is 117 cm³/mol. The number of carboxylic acid groups (broad SMARTS) is 1. The van der Waals surface area contributed by atoms with Crippen molar-refractivity contribution in [3.63, 3.8) is 0 Å². The molecule has 0 aliphatic rings. The van der Waals surface area contributed by atoms with Crippen LogP contribution >= 0.6 is 0 Å². The Hall–Kier alpha value is -3.45. The molecule has 0 saturated carbocycles. The van der Waals surface area contributed by atoms with Gasteiger partial charge in [-0.05, 0) is 53.9 Å². The van der Waals surface area contributed by atoms with E-state index in [2.05, 4.69) is 4.98 Å². The number of fused-ring (bicyclic) bond motifs is 1. The summed E-state index contributed by atoms with van der Waals surface area (Å²) in [5.41, 5.74) is 4.87. The van der Waals surface area contributed by atoms with E-state index in [4.69, 9.17) is 0 Å². The zero-order valence-corrected chi connectivity index (χ0v) is 17.3. The number of carbonyl (C=O) groups is 1. The van der Waals surface area contributed by atoms with Gasteiger partial charge >= 0.3 is 5.97 Å². The van der Waals surface area contributed by atoms with E-state index in [0.717, 1.165) is 22.3 Å². The molecule has 0 spiro atoms. The number of sulfone groups is 1. The Morgan fingerprint density at radius 1 is 1.00 bits per heavy atom. The van der Waals surface area contributed by atoms with Gasteiger partial charge in [0.1, 0.15) is 11.6 Å². The largest absolute Gasteiger partial charge is 0.478 e. The lowest BCUT2D eigenvalue weighted by atomic mass is 9.95. The van der Waals surface area contributed by atoms with Crippen LogP contribution in [0.5, 0.6) is 0 Å². The van der Waals surface area contributed by atoms with Crippen molar-refractivity contribution in [2.75, 3.05) is 6.26 Å². The van der Waals surface area contributed by atoms with E-state index >= 15 is 0 Å². The minimum atomic E-state index is -3.28. The van der Waals surface area contributed by atoms with Crippen LogP contribution in [0.1, 0.15) is 21.7 Å². The molecule has 0 aliphatic carbocycles. The van der Waals surface area contributed by atoms with Crippen LogP contribution in [0.25, 0.3) is 27.8 Å². The summed E-state index contributed by atoms with van der Waals surface area (Å²) in [5, 5.41) is 9.52. The summed E-state index contributed by atoms with van der Waals surface area (Å²) in [6.45, 7) is 1.91. The lowest BCUT2D eigenvalue weighted by molar-refractivity contribution is 0.0697. The maximum Gasteiger partial charge on any atom is 0.336 e. The van der Waals surface area contributed by atoms with Crippen molar-refractivity contribution in [2.24, 2.45) is 0 Å². The molecule has 6 nitrogen and oxygen atoms in total. The van der Waals surface area contributed by atoms with Crippen molar-refractivity contribution < 1.29 is 18.3 Å². The van der Waals surface area contributed by atoms with Gasteiger partial charge in [-0.15, -0.1) is 0 Å². The van der Waals surface area contributed by atoms with Gasteiger partial charge in [0.2, 0.25) is 0 Å². The van der Waals surface area contributed by atoms with E-state index in [-0.39, 0.29) is 11.3 Å². The first-order chi connectivity index (χ1) is 14.2. The van der Waals surface area contributed by atoms with Crippen molar-refractivity contribution >= 4 is 26.8 Å². The lowest BCUT2D eigenvalue weighted by Gasteiger charge is -2.14.